The lowest BCUT2D eigenvalue weighted by Crippen LogP contribution is -2.49. The number of hydrogen-bond donors (Lipinski definition) is 1. The maximum Gasteiger partial charge on any atom is 0.412 e. The van der Waals surface area contributed by atoms with Crippen molar-refractivity contribution in [3.05, 3.63) is 59.7 Å². The standard InChI is InChI=1S/C21H23NO4/c1-21(2)22(14(11-23)12-26-21)20(24)25-13-19-17-9-5-3-7-15(17)16-8-4-6-10-18(16)19/h3-10,14,19,23H,11-13H2,1-2H3/t14-/m0/s1. The van der Waals surface area contributed by atoms with Gasteiger partial charge >= 0.3 is 6.09 Å². The molecule has 26 heavy (non-hydrogen) atoms. The second kappa shape index (κ2) is 6.41. The fourth-order valence-electron chi connectivity index (χ4n) is 4.05. The van der Waals surface area contributed by atoms with Crippen LogP contribution in [0.15, 0.2) is 48.5 Å². The van der Waals surface area contributed by atoms with Crippen molar-refractivity contribution >= 4 is 6.09 Å². The molecule has 5 heteroatoms. The van der Waals surface area contributed by atoms with Crippen LogP contribution in [0.2, 0.25) is 0 Å². The molecule has 1 N–H and O–H groups in total. The first kappa shape index (κ1) is 17.1. The summed E-state index contributed by atoms with van der Waals surface area (Å²) in [6.45, 7) is 4.05. The third-order valence-electron chi connectivity index (χ3n) is 5.32. The highest BCUT2D eigenvalue weighted by molar-refractivity contribution is 5.79. The summed E-state index contributed by atoms with van der Waals surface area (Å²) < 4.78 is 11.3. The minimum atomic E-state index is -0.782. The predicted octanol–water partition coefficient (Wildman–Crippen LogP) is 3.36. The highest BCUT2D eigenvalue weighted by atomic mass is 16.6. The smallest absolute Gasteiger partial charge is 0.412 e. The number of rotatable bonds is 3. The largest absolute Gasteiger partial charge is 0.448 e. The lowest BCUT2D eigenvalue weighted by molar-refractivity contribution is -0.0498. The van der Waals surface area contributed by atoms with E-state index >= 15 is 0 Å². The van der Waals surface area contributed by atoms with E-state index in [0.717, 1.165) is 0 Å². The SMILES string of the molecule is CC1(C)OC[C@H](CO)N1C(=O)OCC1c2ccccc2-c2ccccc21. The van der Waals surface area contributed by atoms with Crippen LogP contribution in [-0.2, 0) is 9.47 Å². The van der Waals surface area contributed by atoms with E-state index in [1.807, 2.05) is 38.1 Å². The average Bonchev–Trinajstić information content (AvgIpc) is 3.13. The minimum absolute atomic E-state index is 0.0190. The molecule has 0 bridgehead atoms. The summed E-state index contributed by atoms with van der Waals surface area (Å²) in [5, 5.41) is 9.53. The van der Waals surface area contributed by atoms with E-state index in [-0.39, 0.29) is 25.2 Å². The van der Waals surface area contributed by atoms with Crippen molar-refractivity contribution in [3.8, 4) is 11.1 Å². The Balaban J connectivity index is 1.56. The second-order valence-corrected chi connectivity index (χ2v) is 7.27. The number of ether oxygens (including phenoxy) is 2. The molecule has 2 aromatic rings. The average molecular weight is 353 g/mol. The van der Waals surface area contributed by atoms with Gasteiger partial charge in [0.2, 0.25) is 0 Å². The molecule has 2 aliphatic rings. The van der Waals surface area contributed by atoms with Crippen LogP contribution in [0.3, 0.4) is 0 Å². The van der Waals surface area contributed by atoms with Gasteiger partial charge in [0.15, 0.2) is 0 Å². The Morgan fingerprint density at radius 3 is 2.31 bits per heavy atom. The van der Waals surface area contributed by atoms with Gasteiger partial charge in [0.1, 0.15) is 12.3 Å². The van der Waals surface area contributed by atoms with Gasteiger partial charge in [0.05, 0.1) is 19.3 Å². The van der Waals surface area contributed by atoms with Crippen molar-refractivity contribution < 1.29 is 19.4 Å². The van der Waals surface area contributed by atoms with Crippen LogP contribution >= 0.6 is 0 Å². The Hall–Kier alpha value is -2.37. The summed E-state index contributed by atoms with van der Waals surface area (Å²) in [6.07, 6.45) is -0.451. The van der Waals surface area contributed by atoms with E-state index < -0.39 is 11.8 Å². The number of benzene rings is 2. The van der Waals surface area contributed by atoms with E-state index in [1.165, 1.54) is 27.2 Å². The van der Waals surface area contributed by atoms with Crippen LogP contribution in [0.1, 0.15) is 30.9 Å². The minimum Gasteiger partial charge on any atom is -0.448 e. The summed E-state index contributed by atoms with van der Waals surface area (Å²) in [6, 6.07) is 16.1. The molecule has 5 nitrogen and oxygen atoms in total. The highest BCUT2D eigenvalue weighted by Gasteiger charge is 2.44. The zero-order valence-electron chi connectivity index (χ0n) is 15.0. The van der Waals surface area contributed by atoms with Gasteiger partial charge in [-0.15, -0.1) is 0 Å². The van der Waals surface area contributed by atoms with Gasteiger partial charge in [0.25, 0.3) is 0 Å². The van der Waals surface area contributed by atoms with Crippen molar-refractivity contribution in [1.29, 1.82) is 0 Å². The van der Waals surface area contributed by atoms with Crippen molar-refractivity contribution in [2.24, 2.45) is 0 Å². The summed E-state index contributed by atoms with van der Waals surface area (Å²) >= 11 is 0. The van der Waals surface area contributed by atoms with Gasteiger partial charge in [0, 0.05) is 5.92 Å². The zero-order chi connectivity index (χ0) is 18.3. The summed E-state index contributed by atoms with van der Waals surface area (Å²) in [5.41, 5.74) is 3.97. The van der Waals surface area contributed by atoms with E-state index in [4.69, 9.17) is 9.47 Å². The summed E-state index contributed by atoms with van der Waals surface area (Å²) in [5.74, 6) is 0.0190. The number of fused-ring (bicyclic) bond motifs is 3. The van der Waals surface area contributed by atoms with Crippen molar-refractivity contribution in [1.82, 2.24) is 4.90 Å². The first-order valence-electron chi connectivity index (χ1n) is 8.92. The number of aliphatic hydroxyl groups is 1. The van der Waals surface area contributed by atoms with Crippen molar-refractivity contribution in [2.75, 3.05) is 19.8 Å². The maximum absolute atomic E-state index is 12.7. The summed E-state index contributed by atoms with van der Waals surface area (Å²) in [7, 11) is 0. The number of carbonyl (C=O) groups excluding carboxylic acids is 1. The van der Waals surface area contributed by atoms with Gasteiger partial charge in [-0.1, -0.05) is 48.5 Å². The zero-order valence-corrected chi connectivity index (χ0v) is 15.0. The summed E-state index contributed by atoms with van der Waals surface area (Å²) in [4.78, 5) is 14.2. The molecule has 2 aromatic carbocycles. The first-order chi connectivity index (χ1) is 12.5. The molecule has 1 atom stereocenters. The van der Waals surface area contributed by atoms with Crippen LogP contribution < -0.4 is 0 Å². The Labute approximate surface area is 153 Å². The topological polar surface area (TPSA) is 59.0 Å². The molecule has 136 valence electrons. The molecule has 1 aliphatic heterocycles. The van der Waals surface area contributed by atoms with Crippen LogP contribution in [0.5, 0.6) is 0 Å². The first-order valence-corrected chi connectivity index (χ1v) is 8.92. The van der Waals surface area contributed by atoms with Gasteiger partial charge in [-0.2, -0.15) is 0 Å². The molecule has 0 saturated carbocycles. The van der Waals surface area contributed by atoms with Gasteiger partial charge in [-0.3, -0.25) is 4.90 Å². The maximum atomic E-state index is 12.7. The molecular formula is C21H23NO4. The van der Waals surface area contributed by atoms with Crippen molar-refractivity contribution in [3.63, 3.8) is 0 Å². The highest BCUT2D eigenvalue weighted by Crippen LogP contribution is 2.44. The molecule has 1 amide bonds. The molecular weight excluding hydrogens is 330 g/mol. The fourth-order valence-corrected chi connectivity index (χ4v) is 4.05. The van der Waals surface area contributed by atoms with Crippen LogP contribution in [0.25, 0.3) is 11.1 Å². The number of carbonyl (C=O) groups is 1. The molecule has 0 radical (unpaired) electrons. The van der Waals surface area contributed by atoms with E-state index in [1.54, 1.807) is 0 Å². The Kier molecular flexibility index (Phi) is 4.21. The molecule has 1 heterocycles. The monoisotopic (exact) mass is 353 g/mol. The Morgan fingerprint density at radius 1 is 1.15 bits per heavy atom. The molecule has 0 unspecified atom stereocenters. The van der Waals surface area contributed by atoms with Crippen LogP contribution in [0, 0.1) is 0 Å². The van der Waals surface area contributed by atoms with E-state index in [2.05, 4.69) is 24.3 Å². The fraction of sp³-hybridized carbons (Fsp3) is 0.381. The second-order valence-electron chi connectivity index (χ2n) is 7.27. The van der Waals surface area contributed by atoms with Gasteiger partial charge < -0.3 is 14.6 Å². The molecule has 1 fully saturated rings. The van der Waals surface area contributed by atoms with E-state index in [0.29, 0.717) is 6.61 Å². The van der Waals surface area contributed by atoms with Crippen molar-refractivity contribution in [2.45, 2.75) is 31.5 Å². The lowest BCUT2D eigenvalue weighted by atomic mass is 9.98. The normalized spacial score (nSPS) is 20.7. The van der Waals surface area contributed by atoms with Crippen LogP contribution in [-0.4, -0.2) is 47.7 Å². The predicted molar refractivity (Wildman–Crippen MR) is 97.8 cm³/mol. The van der Waals surface area contributed by atoms with Gasteiger partial charge in [-0.25, -0.2) is 4.79 Å². The quantitative estimate of drug-likeness (QED) is 0.919. The molecule has 1 saturated heterocycles. The van der Waals surface area contributed by atoms with E-state index in [9.17, 15) is 9.90 Å². The third kappa shape index (κ3) is 2.68. The number of hydrogen-bond acceptors (Lipinski definition) is 4. The molecule has 1 aliphatic carbocycles. The molecule has 0 aromatic heterocycles. The Bertz CT molecular complexity index is 787. The van der Waals surface area contributed by atoms with Crippen LogP contribution in [0.4, 0.5) is 4.79 Å². The number of nitrogens with zero attached hydrogens (tertiary/aromatic N) is 1. The Morgan fingerprint density at radius 2 is 1.73 bits per heavy atom. The van der Waals surface area contributed by atoms with Gasteiger partial charge in [-0.05, 0) is 36.1 Å². The number of aliphatic hydroxyl groups excluding tert-OH is 1. The molecule has 4 rings (SSSR count). The molecule has 0 spiro atoms. The lowest BCUT2D eigenvalue weighted by Gasteiger charge is -2.32. The number of amides is 1. The third-order valence-corrected chi connectivity index (χ3v) is 5.32.